The van der Waals surface area contributed by atoms with Crippen LogP contribution in [0.1, 0.15) is 75.2 Å². The van der Waals surface area contributed by atoms with Gasteiger partial charge in [0.2, 0.25) is 5.91 Å². The number of amides is 2. The number of carboxylic acid groups (broad SMARTS) is 1. The third kappa shape index (κ3) is 6.36. The Morgan fingerprint density at radius 3 is 2.39 bits per heavy atom. The van der Waals surface area contributed by atoms with Gasteiger partial charge in [-0.25, -0.2) is 0 Å². The predicted molar refractivity (Wildman–Crippen MR) is 108 cm³/mol. The molecule has 1 heterocycles. The minimum atomic E-state index is -0.831. The normalized spacial score (nSPS) is 17.2. The molecule has 0 aromatic heterocycles. The van der Waals surface area contributed by atoms with E-state index in [0.29, 0.717) is 18.5 Å². The molecule has 1 saturated heterocycles. The van der Waals surface area contributed by atoms with Crippen LogP contribution in [0.4, 0.5) is 0 Å². The molecule has 1 aromatic rings. The van der Waals surface area contributed by atoms with Crippen LogP contribution in [-0.4, -0.2) is 46.9 Å². The van der Waals surface area contributed by atoms with Crippen LogP contribution >= 0.6 is 0 Å². The summed E-state index contributed by atoms with van der Waals surface area (Å²) in [5.41, 5.74) is 1.78. The zero-order valence-electron chi connectivity index (χ0n) is 17.2. The number of likely N-dealkylation sites (tertiary alicyclic amines) is 1. The Kier molecular flexibility index (Phi) is 7.61. The number of rotatable bonds is 7. The van der Waals surface area contributed by atoms with Crippen molar-refractivity contribution in [3.8, 4) is 0 Å². The second kappa shape index (κ2) is 9.71. The van der Waals surface area contributed by atoms with Gasteiger partial charge >= 0.3 is 5.97 Å². The van der Waals surface area contributed by atoms with Gasteiger partial charge in [-0.05, 0) is 48.8 Å². The molecule has 0 bridgehead atoms. The minimum absolute atomic E-state index is 0.00186. The van der Waals surface area contributed by atoms with E-state index in [4.69, 9.17) is 5.11 Å². The van der Waals surface area contributed by atoms with E-state index in [9.17, 15) is 14.4 Å². The highest BCUT2D eigenvalue weighted by atomic mass is 16.4. The summed E-state index contributed by atoms with van der Waals surface area (Å²) < 4.78 is 0. The molecule has 0 aliphatic carbocycles. The average molecular weight is 389 g/mol. The van der Waals surface area contributed by atoms with Gasteiger partial charge in [0.1, 0.15) is 0 Å². The average Bonchev–Trinajstić information content (AvgIpc) is 2.65. The lowest BCUT2D eigenvalue weighted by Gasteiger charge is -2.35. The molecule has 2 amide bonds. The largest absolute Gasteiger partial charge is 0.481 e. The van der Waals surface area contributed by atoms with E-state index in [1.807, 2.05) is 24.3 Å². The van der Waals surface area contributed by atoms with Crippen molar-refractivity contribution in [3.05, 3.63) is 35.4 Å². The van der Waals surface area contributed by atoms with Crippen molar-refractivity contribution in [1.82, 2.24) is 10.2 Å². The van der Waals surface area contributed by atoms with Crippen molar-refractivity contribution in [2.45, 2.75) is 70.8 Å². The highest BCUT2D eigenvalue weighted by molar-refractivity contribution is 5.94. The van der Waals surface area contributed by atoms with Crippen LogP contribution in [0.25, 0.3) is 0 Å². The van der Waals surface area contributed by atoms with E-state index in [1.54, 1.807) is 4.90 Å². The Morgan fingerprint density at radius 1 is 1.11 bits per heavy atom. The van der Waals surface area contributed by atoms with Crippen molar-refractivity contribution in [3.63, 3.8) is 0 Å². The van der Waals surface area contributed by atoms with Crippen LogP contribution in [0.15, 0.2) is 24.3 Å². The van der Waals surface area contributed by atoms with Gasteiger partial charge in [-0.15, -0.1) is 0 Å². The van der Waals surface area contributed by atoms with Gasteiger partial charge in [0.15, 0.2) is 0 Å². The SMILES string of the molecule is CC(C)(C)c1ccc(C(=O)NCCC(=O)N2CCCCC2CCC(=O)O)cc1. The van der Waals surface area contributed by atoms with E-state index in [0.717, 1.165) is 24.8 Å². The summed E-state index contributed by atoms with van der Waals surface area (Å²) in [5, 5.41) is 11.7. The van der Waals surface area contributed by atoms with Gasteiger partial charge in [-0.3, -0.25) is 14.4 Å². The molecule has 6 nitrogen and oxygen atoms in total. The van der Waals surface area contributed by atoms with Gasteiger partial charge in [0.25, 0.3) is 5.91 Å². The summed E-state index contributed by atoms with van der Waals surface area (Å²) in [6.07, 6.45) is 3.63. The van der Waals surface area contributed by atoms with Gasteiger partial charge in [-0.1, -0.05) is 32.9 Å². The van der Waals surface area contributed by atoms with Crippen molar-refractivity contribution >= 4 is 17.8 Å². The van der Waals surface area contributed by atoms with Crippen LogP contribution in [0.3, 0.4) is 0 Å². The van der Waals surface area contributed by atoms with Crippen LogP contribution in [0, 0.1) is 0 Å². The van der Waals surface area contributed by atoms with Crippen LogP contribution in [0.2, 0.25) is 0 Å². The fraction of sp³-hybridized carbons (Fsp3) is 0.591. The second-order valence-electron chi connectivity index (χ2n) is 8.50. The van der Waals surface area contributed by atoms with E-state index in [-0.39, 0.29) is 42.7 Å². The fourth-order valence-electron chi connectivity index (χ4n) is 3.57. The standard InChI is InChI=1S/C22H32N2O4/c1-22(2,3)17-9-7-16(8-10-17)21(28)23-14-13-19(25)24-15-5-4-6-18(24)11-12-20(26)27/h7-10,18H,4-6,11-15H2,1-3H3,(H,23,28)(H,26,27). The molecule has 0 spiro atoms. The number of aliphatic carboxylic acids is 1. The summed E-state index contributed by atoms with van der Waals surface area (Å²) in [5.74, 6) is -1.03. The molecule has 6 heteroatoms. The van der Waals surface area contributed by atoms with E-state index >= 15 is 0 Å². The zero-order valence-corrected chi connectivity index (χ0v) is 17.2. The van der Waals surface area contributed by atoms with Crippen molar-refractivity contribution in [2.75, 3.05) is 13.1 Å². The molecule has 1 unspecified atom stereocenters. The molecular formula is C22H32N2O4. The molecule has 2 N–H and O–H groups in total. The number of hydrogen-bond acceptors (Lipinski definition) is 3. The highest BCUT2D eigenvalue weighted by Gasteiger charge is 2.26. The Labute approximate surface area is 167 Å². The number of carbonyl (C=O) groups excluding carboxylic acids is 2. The Hall–Kier alpha value is -2.37. The number of carboxylic acids is 1. The Balaban J connectivity index is 1.83. The maximum absolute atomic E-state index is 12.6. The van der Waals surface area contributed by atoms with Gasteiger partial charge in [-0.2, -0.15) is 0 Å². The van der Waals surface area contributed by atoms with Crippen molar-refractivity contribution < 1.29 is 19.5 Å². The summed E-state index contributed by atoms with van der Waals surface area (Å²) in [4.78, 5) is 37.5. The van der Waals surface area contributed by atoms with Crippen LogP contribution in [-0.2, 0) is 15.0 Å². The molecule has 28 heavy (non-hydrogen) atoms. The number of piperidine rings is 1. The van der Waals surface area contributed by atoms with Crippen molar-refractivity contribution in [2.24, 2.45) is 0 Å². The first kappa shape index (κ1) is 21.9. The third-order valence-corrected chi connectivity index (χ3v) is 5.28. The molecule has 1 aliphatic rings. The highest BCUT2D eigenvalue weighted by Crippen LogP contribution is 2.23. The number of nitrogens with one attached hydrogen (secondary N) is 1. The van der Waals surface area contributed by atoms with Gasteiger partial charge < -0.3 is 15.3 Å². The first-order valence-electron chi connectivity index (χ1n) is 10.1. The second-order valence-corrected chi connectivity index (χ2v) is 8.50. The number of hydrogen-bond donors (Lipinski definition) is 2. The number of carbonyl (C=O) groups is 3. The monoisotopic (exact) mass is 388 g/mol. The first-order chi connectivity index (χ1) is 13.2. The molecule has 1 atom stereocenters. The van der Waals surface area contributed by atoms with Crippen LogP contribution in [0.5, 0.6) is 0 Å². The molecule has 0 radical (unpaired) electrons. The molecule has 1 fully saturated rings. The van der Waals surface area contributed by atoms with Gasteiger partial charge in [0.05, 0.1) is 0 Å². The topological polar surface area (TPSA) is 86.7 Å². The first-order valence-corrected chi connectivity index (χ1v) is 10.1. The van der Waals surface area contributed by atoms with E-state index < -0.39 is 5.97 Å². The van der Waals surface area contributed by atoms with Crippen LogP contribution < -0.4 is 5.32 Å². The summed E-state index contributed by atoms with van der Waals surface area (Å²) in [7, 11) is 0. The lowest BCUT2D eigenvalue weighted by molar-refractivity contribution is -0.140. The summed E-state index contributed by atoms with van der Waals surface area (Å²) in [6, 6.07) is 7.54. The Morgan fingerprint density at radius 2 is 1.79 bits per heavy atom. The van der Waals surface area contributed by atoms with Crippen molar-refractivity contribution in [1.29, 1.82) is 0 Å². The summed E-state index contributed by atoms with van der Waals surface area (Å²) in [6.45, 7) is 7.32. The number of nitrogens with zero attached hydrogens (tertiary/aromatic N) is 1. The lowest BCUT2D eigenvalue weighted by atomic mass is 9.87. The smallest absolute Gasteiger partial charge is 0.303 e. The minimum Gasteiger partial charge on any atom is -0.481 e. The van der Waals surface area contributed by atoms with E-state index in [2.05, 4.69) is 26.1 Å². The molecule has 154 valence electrons. The predicted octanol–water partition coefficient (Wildman–Crippen LogP) is 3.35. The van der Waals surface area contributed by atoms with Gasteiger partial charge in [0, 0.05) is 37.5 Å². The fourth-order valence-corrected chi connectivity index (χ4v) is 3.57. The molecule has 1 aliphatic heterocycles. The number of benzene rings is 1. The molecule has 1 aromatic carbocycles. The lowest BCUT2D eigenvalue weighted by Crippen LogP contribution is -2.45. The maximum atomic E-state index is 12.6. The Bertz CT molecular complexity index is 691. The molecule has 0 saturated carbocycles. The molecular weight excluding hydrogens is 356 g/mol. The summed E-state index contributed by atoms with van der Waals surface area (Å²) >= 11 is 0. The zero-order chi connectivity index (χ0) is 20.7. The third-order valence-electron chi connectivity index (χ3n) is 5.28. The molecule has 2 rings (SSSR count). The van der Waals surface area contributed by atoms with E-state index in [1.165, 1.54) is 0 Å². The quantitative estimate of drug-likeness (QED) is 0.750. The maximum Gasteiger partial charge on any atom is 0.303 e.